The lowest BCUT2D eigenvalue weighted by Crippen LogP contribution is -2.40. The molecule has 2 N–H and O–H groups in total. The molecule has 1 aliphatic carbocycles. The van der Waals surface area contributed by atoms with E-state index in [0.29, 0.717) is 12.3 Å². The van der Waals surface area contributed by atoms with E-state index in [-0.39, 0.29) is 5.92 Å². The third-order valence-electron chi connectivity index (χ3n) is 5.33. The van der Waals surface area contributed by atoms with Gasteiger partial charge in [0.05, 0.1) is 23.8 Å². The van der Waals surface area contributed by atoms with E-state index in [0.717, 1.165) is 48.5 Å². The minimum atomic E-state index is -0.830. The molecule has 1 saturated carbocycles. The number of nitrogens with zero attached hydrogens (tertiary/aromatic N) is 4. The number of hydrogen-bond acceptors (Lipinski definition) is 7. The molecule has 0 amide bonds. The Kier molecular flexibility index (Phi) is 3.70. The number of ether oxygens (including phenoxy) is 1. The molecule has 138 valence electrons. The van der Waals surface area contributed by atoms with Crippen molar-refractivity contribution in [1.29, 1.82) is 0 Å². The monoisotopic (exact) mass is 365 g/mol. The van der Waals surface area contributed by atoms with Crippen LogP contribution < -0.4 is 5.32 Å². The quantitative estimate of drug-likeness (QED) is 0.814. The first-order valence-electron chi connectivity index (χ1n) is 9.09. The molecule has 1 aromatic rings. The molecule has 0 aromatic carbocycles. The summed E-state index contributed by atoms with van der Waals surface area (Å²) in [5.74, 6) is 0.173. The normalized spacial score (nSPS) is 22.1. The topological polar surface area (TPSA) is 99.9 Å². The van der Waals surface area contributed by atoms with Gasteiger partial charge in [-0.2, -0.15) is 10.2 Å². The minimum absolute atomic E-state index is 0.172. The Morgan fingerprint density at radius 2 is 2.26 bits per heavy atom. The van der Waals surface area contributed by atoms with Gasteiger partial charge in [0.25, 0.3) is 0 Å². The average molecular weight is 365 g/mol. The van der Waals surface area contributed by atoms with Crippen molar-refractivity contribution in [3.63, 3.8) is 0 Å². The van der Waals surface area contributed by atoms with E-state index in [9.17, 15) is 9.90 Å². The van der Waals surface area contributed by atoms with Crippen molar-refractivity contribution in [2.45, 2.75) is 25.3 Å². The fraction of sp³-hybridized carbons (Fsp3) is 0.368. The Morgan fingerprint density at radius 3 is 3.00 bits per heavy atom. The number of carboxylic acids is 1. The second kappa shape index (κ2) is 6.22. The molecule has 0 spiro atoms. The minimum Gasteiger partial charge on any atom is -0.495 e. The van der Waals surface area contributed by atoms with Gasteiger partial charge in [-0.3, -0.25) is 0 Å². The molecule has 1 atom stereocenters. The number of carboxylic acid groups (broad SMARTS) is 1. The molecule has 3 aliphatic heterocycles. The zero-order valence-corrected chi connectivity index (χ0v) is 14.6. The molecule has 1 unspecified atom stereocenters. The highest BCUT2D eigenvalue weighted by Crippen LogP contribution is 2.39. The van der Waals surface area contributed by atoms with E-state index in [1.807, 2.05) is 6.07 Å². The zero-order chi connectivity index (χ0) is 18.4. The lowest BCUT2D eigenvalue weighted by atomic mass is 10.0. The highest BCUT2D eigenvalue weighted by atomic mass is 16.5. The Bertz CT molecular complexity index is 915. The van der Waals surface area contributed by atoms with Crippen LogP contribution in [0.1, 0.15) is 24.8 Å². The van der Waals surface area contributed by atoms with Gasteiger partial charge in [-0.1, -0.05) is 0 Å². The molecular weight excluding hydrogens is 346 g/mol. The van der Waals surface area contributed by atoms with Crippen LogP contribution in [-0.2, 0) is 9.53 Å². The molecule has 4 aliphatic rings. The van der Waals surface area contributed by atoms with Crippen molar-refractivity contribution in [2.24, 2.45) is 10.9 Å². The van der Waals surface area contributed by atoms with E-state index in [1.54, 1.807) is 24.9 Å². The van der Waals surface area contributed by atoms with Crippen molar-refractivity contribution in [1.82, 2.24) is 20.4 Å². The van der Waals surface area contributed by atoms with Crippen molar-refractivity contribution >= 4 is 11.8 Å². The van der Waals surface area contributed by atoms with Gasteiger partial charge in [0.15, 0.2) is 0 Å². The summed E-state index contributed by atoms with van der Waals surface area (Å²) in [5.41, 5.74) is 4.73. The summed E-state index contributed by atoms with van der Waals surface area (Å²) in [4.78, 5) is 18.5. The number of aromatic nitrogens is 2. The maximum absolute atomic E-state index is 11.7. The van der Waals surface area contributed by atoms with Crippen LogP contribution in [0.3, 0.4) is 0 Å². The van der Waals surface area contributed by atoms with Gasteiger partial charge in [0, 0.05) is 23.9 Å². The number of amidine groups is 1. The molecule has 0 radical (unpaired) electrons. The summed E-state index contributed by atoms with van der Waals surface area (Å²) in [6, 6.07) is 1.28. The van der Waals surface area contributed by atoms with Crippen molar-refractivity contribution in [2.75, 3.05) is 13.2 Å². The van der Waals surface area contributed by atoms with Crippen LogP contribution in [0.4, 0.5) is 0 Å². The maximum Gasteiger partial charge on any atom is 0.326 e. The fourth-order valence-electron chi connectivity index (χ4n) is 3.84. The summed E-state index contributed by atoms with van der Waals surface area (Å²) in [6.07, 6.45) is 9.55. The zero-order valence-electron chi connectivity index (χ0n) is 14.6. The Labute approximate surface area is 155 Å². The van der Waals surface area contributed by atoms with Gasteiger partial charge in [-0.15, -0.1) is 0 Å². The number of carbonyl (C=O) groups is 1. The Balaban J connectivity index is 1.53. The lowest BCUT2D eigenvalue weighted by Gasteiger charge is -2.30. The lowest BCUT2D eigenvalue weighted by molar-refractivity contribution is -0.139. The van der Waals surface area contributed by atoms with Crippen molar-refractivity contribution in [3.05, 3.63) is 59.0 Å². The standard InChI is InChI=1S/C19H19N5O3/c25-19(26)16(11-1-2-11)23-15-10-27-9-13-4-6-24-17(13)14(15)8-20-18(24)12-3-5-21-22-7-12/h3,5,7-8,10-11,16,23H,1-2,4,6,9H2,(H,25,26). The van der Waals surface area contributed by atoms with Crippen LogP contribution in [0.15, 0.2) is 58.5 Å². The molecule has 27 heavy (non-hydrogen) atoms. The third kappa shape index (κ3) is 2.77. The van der Waals surface area contributed by atoms with Crippen LogP contribution in [-0.4, -0.2) is 51.2 Å². The van der Waals surface area contributed by atoms with Crippen LogP contribution >= 0.6 is 0 Å². The van der Waals surface area contributed by atoms with E-state index < -0.39 is 12.0 Å². The molecule has 1 fully saturated rings. The maximum atomic E-state index is 11.7. The molecular formula is C19H19N5O3. The van der Waals surface area contributed by atoms with Crippen LogP contribution in [0.2, 0.25) is 0 Å². The van der Waals surface area contributed by atoms with Crippen LogP contribution in [0, 0.1) is 5.92 Å². The second-order valence-electron chi connectivity index (χ2n) is 7.12. The summed E-state index contributed by atoms with van der Waals surface area (Å²) >= 11 is 0. The molecule has 8 nitrogen and oxygen atoms in total. The predicted molar refractivity (Wildman–Crippen MR) is 96.3 cm³/mol. The highest BCUT2D eigenvalue weighted by Gasteiger charge is 2.39. The molecule has 0 saturated heterocycles. The summed E-state index contributed by atoms with van der Waals surface area (Å²) < 4.78 is 5.73. The van der Waals surface area contributed by atoms with Gasteiger partial charge in [-0.05, 0) is 36.8 Å². The predicted octanol–water partition coefficient (Wildman–Crippen LogP) is 1.40. The van der Waals surface area contributed by atoms with E-state index >= 15 is 0 Å². The Hall–Kier alpha value is -3.16. The van der Waals surface area contributed by atoms with Gasteiger partial charge in [-0.25, -0.2) is 9.79 Å². The first kappa shape index (κ1) is 16.0. The first-order chi connectivity index (χ1) is 13.2. The van der Waals surface area contributed by atoms with Crippen LogP contribution in [0.25, 0.3) is 0 Å². The highest BCUT2D eigenvalue weighted by molar-refractivity contribution is 6.01. The van der Waals surface area contributed by atoms with Gasteiger partial charge in [0.2, 0.25) is 0 Å². The van der Waals surface area contributed by atoms with Crippen molar-refractivity contribution in [3.8, 4) is 0 Å². The third-order valence-corrected chi connectivity index (χ3v) is 5.33. The summed E-state index contributed by atoms with van der Waals surface area (Å²) in [6.45, 7) is 1.31. The average Bonchev–Trinajstić information content (AvgIpc) is 3.46. The molecule has 1 aromatic heterocycles. The van der Waals surface area contributed by atoms with Gasteiger partial charge in [0.1, 0.15) is 24.7 Å². The number of aliphatic imine (C=N–C) groups is 1. The number of hydrogen-bond donors (Lipinski definition) is 2. The number of rotatable bonds is 5. The van der Waals surface area contributed by atoms with Gasteiger partial charge >= 0.3 is 5.97 Å². The molecule has 8 heteroatoms. The van der Waals surface area contributed by atoms with E-state index in [4.69, 9.17) is 4.74 Å². The summed E-state index contributed by atoms with van der Waals surface area (Å²) in [5, 5.41) is 20.6. The Morgan fingerprint density at radius 1 is 1.37 bits per heavy atom. The SMILES string of the molecule is O=C(O)C(NC1=COCC2=C3C1=CN=C(c1ccnnc1)N3CC2)C1CC1. The van der Waals surface area contributed by atoms with E-state index in [2.05, 4.69) is 25.4 Å². The number of aliphatic carboxylic acids is 1. The largest absolute Gasteiger partial charge is 0.495 e. The smallest absolute Gasteiger partial charge is 0.326 e. The molecule has 5 rings (SSSR count). The fourth-order valence-corrected chi connectivity index (χ4v) is 3.84. The molecule has 4 heterocycles. The summed E-state index contributed by atoms with van der Waals surface area (Å²) in [7, 11) is 0. The van der Waals surface area contributed by atoms with Gasteiger partial charge < -0.3 is 20.1 Å². The van der Waals surface area contributed by atoms with E-state index in [1.165, 1.54) is 5.57 Å². The number of nitrogens with one attached hydrogen (secondary N) is 1. The molecule has 0 bridgehead atoms. The second-order valence-corrected chi connectivity index (χ2v) is 7.12. The first-order valence-corrected chi connectivity index (χ1v) is 9.09. The van der Waals surface area contributed by atoms with Crippen molar-refractivity contribution < 1.29 is 14.6 Å². The van der Waals surface area contributed by atoms with Crippen LogP contribution in [0.5, 0.6) is 0 Å².